The van der Waals surface area contributed by atoms with Crippen LogP contribution in [0.15, 0.2) is 54.7 Å². The number of halogens is 1. The van der Waals surface area contributed by atoms with Gasteiger partial charge in [0.2, 0.25) is 5.91 Å². The second-order valence-electron chi connectivity index (χ2n) is 6.18. The third-order valence-electron chi connectivity index (χ3n) is 4.36. The zero-order valence-corrected chi connectivity index (χ0v) is 14.7. The topological polar surface area (TPSA) is 63.7 Å². The van der Waals surface area contributed by atoms with Gasteiger partial charge in [-0.15, -0.1) is 0 Å². The van der Waals surface area contributed by atoms with E-state index < -0.39 is 30.2 Å². The molecule has 0 N–H and O–H groups in total. The molecule has 0 aliphatic carbocycles. The maximum Gasteiger partial charge on any atom is 0.308 e. The average molecular weight is 367 g/mol. The zero-order valence-electron chi connectivity index (χ0n) is 14.7. The lowest BCUT2D eigenvalue weighted by Gasteiger charge is -2.32. The average Bonchev–Trinajstić information content (AvgIpc) is 2.66. The van der Waals surface area contributed by atoms with Crippen LogP contribution in [0.5, 0.6) is 0 Å². The summed E-state index contributed by atoms with van der Waals surface area (Å²) in [5.41, 5.74) is 2.03. The molecule has 3 rings (SSSR count). The van der Waals surface area contributed by atoms with Crippen molar-refractivity contribution in [3.8, 4) is 0 Å². The maximum absolute atomic E-state index is 12.9. The molecule has 2 aromatic rings. The fourth-order valence-electron chi connectivity index (χ4n) is 3.00. The number of fused-ring (bicyclic) bond motifs is 1. The minimum Gasteiger partial charge on any atom is -0.457 e. The van der Waals surface area contributed by atoms with Crippen LogP contribution in [0.2, 0.25) is 0 Å². The van der Waals surface area contributed by atoms with E-state index in [2.05, 4.69) is 0 Å². The minimum absolute atomic E-state index is 0.0718. The van der Waals surface area contributed by atoms with Crippen molar-refractivity contribution in [2.75, 3.05) is 6.61 Å². The molecule has 1 heterocycles. The molecule has 27 heavy (non-hydrogen) atoms. The summed E-state index contributed by atoms with van der Waals surface area (Å²) in [4.78, 5) is 37.7. The van der Waals surface area contributed by atoms with Crippen molar-refractivity contribution in [1.29, 1.82) is 0 Å². The molecule has 6 heteroatoms. The molecule has 5 nitrogen and oxygen atoms in total. The Morgan fingerprint density at radius 1 is 1.07 bits per heavy atom. The van der Waals surface area contributed by atoms with Gasteiger partial charge in [0.1, 0.15) is 5.82 Å². The molecular formula is C21H18FNO4. The molecule has 138 valence electrons. The maximum atomic E-state index is 12.9. The van der Waals surface area contributed by atoms with Crippen molar-refractivity contribution in [3.05, 3.63) is 77.2 Å². The number of rotatable bonds is 5. The van der Waals surface area contributed by atoms with Gasteiger partial charge in [-0.3, -0.25) is 14.4 Å². The molecule has 1 aliphatic heterocycles. The highest BCUT2D eigenvalue weighted by molar-refractivity contribution is 5.97. The molecule has 0 saturated heterocycles. The van der Waals surface area contributed by atoms with Crippen molar-refractivity contribution < 1.29 is 23.5 Å². The van der Waals surface area contributed by atoms with Crippen LogP contribution in [0.25, 0.3) is 6.08 Å². The Labute approximate surface area is 156 Å². The van der Waals surface area contributed by atoms with Crippen LogP contribution in [0.1, 0.15) is 40.9 Å². The van der Waals surface area contributed by atoms with Gasteiger partial charge in [-0.2, -0.15) is 0 Å². The smallest absolute Gasteiger partial charge is 0.308 e. The van der Waals surface area contributed by atoms with Gasteiger partial charge in [-0.05, 0) is 41.5 Å². The fraction of sp³-hybridized carbons (Fsp3) is 0.190. The van der Waals surface area contributed by atoms with Crippen molar-refractivity contribution in [2.45, 2.75) is 19.4 Å². The van der Waals surface area contributed by atoms with Crippen molar-refractivity contribution in [1.82, 2.24) is 4.90 Å². The van der Waals surface area contributed by atoms with Crippen LogP contribution in [0.3, 0.4) is 0 Å². The number of carbonyl (C=O) groups excluding carboxylic acids is 3. The third kappa shape index (κ3) is 4.28. The highest BCUT2D eigenvalue weighted by Crippen LogP contribution is 2.33. The van der Waals surface area contributed by atoms with Crippen LogP contribution in [0, 0.1) is 5.82 Å². The first-order chi connectivity index (χ1) is 13.0. The fourth-order valence-corrected chi connectivity index (χ4v) is 3.00. The van der Waals surface area contributed by atoms with E-state index in [0.29, 0.717) is 0 Å². The van der Waals surface area contributed by atoms with E-state index in [0.717, 1.165) is 11.1 Å². The lowest BCUT2D eigenvalue weighted by molar-refractivity contribution is -0.144. The molecule has 0 bridgehead atoms. The van der Waals surface area contributed by atoms with Gasteiger partial charge in [-0.25, -0.2) is 4.39 Å². The molecule has 1 atom stereocenters. The van der Waals surface area contributed by atoms with E-state index >= 15 is 0 Å². The molecule has 1 aliphatic rings. The summed E-state index contributed by atoms with van der Waals surface area (Å²) in [5, 5.41) is 0. The summed E-state index contributed by atoms with van der Waals surface area (Å²) in [7, 11) is 0. The van der Waals surface area contributed by atoms with Crippen LogP contribution in [-0.4, -0.2) is 29.2 Å². The van der Waals surface area contributed by atoms with Crippen LogP contribution >= 0.6 is 0 Å². The van der Waals surface area contributed by atoms with E-state index in [-0.39, 0.29) is 17.9 Å². The van der Waals surface area contributed by atoms with Gasteiger partial charge < -0.3 is 9.64 Å². The second-order valence-corrected chi connectivity index (χ2v) is 6.18. The quantitative estimate of drug-likeness (QED) is 0.599. The van der Waals surface area contributed by atoms with Crippen molar-refractivity contribution in [3.63, 3.8) is 0 Å². The first kappa shape index (κ1) is 18.5. The van der Waals surface area contributed by atoms with E-state index in [1.165, 1.54) is 36.1 Å². The molecule has 1 amide bonds. The SMILES string of the molecule is CC(=O)N1C=Cc2ccccc2[C@H]1CC(=O)OCC(=O)c1ccc(F)cc1. The number of carbonyl (C=O) groups is 3. The van der Waals surface area contributed by atoms with Gasteiger partial charge in [0.15, 0.2) is 12.4 Å². The number of ether oxygens (including phenoxy) is 1. The molecular weight excluding hydrogens is 349 g/mol. The Morgan fingerprint density at radius 2 is 1.78 bits per heavy atom. The summed E-state index contributed by atoms with van der Waals surface area (Å²) in [6.45, 7) is 0.989. The van der Waals surface area contributed by atoms with Crippen LogP contribution in [-0.2, 0) is 14.3 Å². The van der Waals surface area contributed by atoms with Crippen LogP contribution in [0.4, 0.5) is 4.39 Å². The highest BCUT2D eigenvalue weighted by atomic mass is 19.1. The van der Waals surface area contributed by atoms with Crippen molar-refractivity contribution in [2.24, 2.45) is 0 Å². The number of benzene rings is 2. The molecule has 0 fully saturated rings. The Morgan fingerprint density at radius 3 is 2.48 bits per heavy atom. The number of Topliss-reactive ketones (excluding diaryl/α,β-unsaturated/α-hetero) is 1. The Kier molecular flexibility index (Phi) is 5.45. The largest absolute Gasteiger partial charge is 0.457 e. The summed E-state index contributed by atoms with van der Waals surface area (Å²) in [6, 6.07) is 12.0. The molecule has 0 saturated carbocycles. The number of hydrogen-bond donors (Lipinski definition) is 0. The molecule has 0 spiro atoms. The number of esters is 1. The Balaban J connectivity index is 1.67. The molecule has 0 aromatic heterocycles. The second kappa shape index (κ2) is 7.95. The van der Waals surface area contributed by atoms with E-state index in [4.69, 9.17) is 4.74 Å². The predicted molar refractivity (Wildman–Crippen MR) is 97.0 cm³/mol. The van der Waals surface area contributed by atoms with Gasteiger partial charge >= 0.3 is 5.97 Å². The summed E-state index contributed by atoms with van der Waals surface area (Å²) in [6.07, 6.45) is 3.39. The first-order valence-electron chi connectivity index (χ1n) is 8.46. The number of amides is 1. The zero-order chi connectivity index (χ0) is 19.4. The third-order valence-corrected chi connectivity index (χ3v) is 4.36. The summed E-state index contributed by atoms with van der Waals surface area (Å²) >= 11 is 0. The van der Waals surface area contributed by atoms with Gasteiger partial charge in [-0.1, -0.05) is 24.3 Å². The number of nitrogens with zero attached hydrogens (tertiary/aromatic N) is 1. The summed E-state index contributed by atoms with van der Waals surface area (Å²) < 4.78 is 18.0. The minimum atomic E-state index is -0.591. The number of hydrogen-bond acceptors (Lipinski definition) is 4. The Hall–Kier alpha value is -3.28. The lowest BCUT2D eigenvalue weighted by Crippen LogP contribution is -2.32. The van der Waals surface area contributed by atoms with Gasteiger partial charge in [0.25, 0.3) is 0 Å². The van der Waals surface area contributed by atoms with Gasteiger partial charge in [0, 0.05) is 18.7 Å². The molecule has 0 unspecified atom stereocenters. The highest BCUT2D eigenvalue weighted by Gasteiger charge is 2.29. The molecule has 2 aromatic carbocycles. The Bertz CT molecular complexity index is 905. The number of ketones is 1. The molecule has 0 radical (unpaired) electrons. The van der Waals surface area contributed by atoms with Crippen LogP contribution < -0.4 is 0 Å². The van der Waals surface area contributed by atoms with Crippen molar-refractivity contribution >= 4 is 23.7 Å². The lowest BCUT2D eigenvalue weighted by atomic mass is 9.94. The van der Waals surface area contributed by atoms with E-state index in [1.54, 1.807) is 6.20 Å². The van der Waals surface area contributed by atoms with Gasteiger partial charge in [0.05, 0.1) is 12.5 Å². The van der Waals surface area contributed by atoms with E-state index in [9.17, 15) is 18.8 Å². The van der Waals surface area contributed by atoms with E-state index in [1.807, 2.05) is 30.3 Å². The normalized spacial score (nSPS) is 15.2. The monoisotopic (exact) mass is 367 g/mol. The first-order valence-corrected chi connectivity index (χ1v) is 8.46. The standard InChI is InChI=1S/C21H18FNO4/c1-14(24)23-11-10-15-4-2-3-5-18(15)19(23)12-21(26)27-13-20(25)16-6-8-17(22)9-7-16/h2-11,19H,12-13H2,1H3/t19-/m1/s1. The predicted octanol–water partition coefficient (Wildman–Crippen LogP) is 3.52. The summed E-state index contributed by atoms with van der Waals surface area (Å²) in [5.74, 6) is -1.65.